The maximum Gasteiger partial charge on any atom is 0.331 e. The van der Waals surface area contributed by atoms with Gasteiger partial charge in [0.05, 0.1) is 17.6 Å². The molecule has 37 heavy (non-hydrogen) atoms. The summed E-state index contributed by atoms with van der Waals surface area (Å²) in [5, 5.41) is 2.69. The molecule has 2 aromatic heterocycles. The van der Waals surface area contributed by atoms with Gasteiger partial charge in [0.25, 0.3) is 5.56 Å². The van der Waals surface area contributed by atoms with Crippen LogP contribution in [0, 0.1) is 5.82 Å². The predicted octanol–water partition coefficient (Wildman–Crippen LogP) is 3.46. The molecular weight excluding hydrogens is 473 g/mol. The van der Waals surface area contributed by atoms with Crippen LogP contribution in [0.2, 0.25) is 0 Å². The Balaban J connectivity index is 1.37. The lowest BCUT2D eigenvalue weighted by Gasteiger charge is -2.38. The minimum absolute atomic E-state index is 0.0983. The van der Waals surface area contributed by atoms with Gasteiger partial charge in [-0.1, -0.05) is 24.3 Å². The molecule has 10 heteroatoms. The van der Waals surface area contributed by atoms with Crippen molar-refractivity contribution in [2.24, 2.45) is 0 Å². The highest BCUT2D eigenvalue weighted by Gasteiger charge is 2.28. The molecule has 1 aliphatic heterocycles. The number of anilines is 2. The van der Waals surface area contributed by atoms with Gasteiger partial charge < -0.3 is 19.7 Å². The van der Waals surface area contributed by atoms with E-state index in [9.17, 15) is 14.0 Å². The SMILES string of the molecule is CCNC(=O)n1c(N(C)C2CCN(c3nc4ccccc4n3Cc3ccc(F)cc3)CC2)nccc1=O. The Morgan fingerprint density at radius 1 is 1.11 bits per heavy atom. The first kappa shape index (κ1) is 24.5. The zero-order valence-corrected chi connectivity index (χ0v) is 21.0. The van der Waals surface area contributed by atoms with Crippen LogP contribution in [0.5, 0.6) is 0 Å². The Labute approximate surface area is 214 Å². The van der Waals surface area contributed by atoms with Gasteiger partial charge >= 0.3 is 6.03 Å². The summed E-state index contributed by atoms with van der Waals surface area (Å²) >= 11 is 0. The lowest BCUT2D eigenvalue weighted by molar-refractivity contribution is 0.242. The maximum absolute atomic E-state index is 13.5. The first-order valence-corrected chi connectivity index (χ1v) is 12.5. The van der Waals surface area contributed by atoms with Crippen LogP contribution in [0.15, 0.2) is 65.6 Å². The molecule has 1 aliphatic rings. The minimum atomic E-state index is -0.477. The summed E-state index contributed by atoms with van der Waals surface area (Å²) in [5.74, 6) is 0.959. The number of carbonyl (C=O) groups excluding carboxylic acids is 1. The first-order valence-electron chi connectivity index (χ1n) is 12.5. The highest BCUT2D eigenvalue weighted by molar-refractivity contribution is 5.80. The van der Waals surface area contributed by atoms with Gasteiger partial charge in [-0.05, 0) is 49.6 Å². The quantitative estimate of drug-likeness (QED) is 0.434. The van der Waals surface area contributed by atoms with Gasteiger partial charge in [-0.15, -0.1) is 0 Å². The smallest absolute Gasteiger partial charge is 0.331 e. The van der Waals surface area contributed by atoms with E-state index in [0.717, 1.165) is 53.0 Å². The third-order valence-electron chi connectivity index (χ3n) is 6.86. The highest BCUT2D eigenvalue weighted by atomic mass is 19.1. The lowest BCUT2D eigenvalue weighted by Crippen LogP contribution is -2.47. The van der Waals surface area contributed by atoms with Gasteiger partial charge in [0.1, 0.15) is 5.82 Å². The molecule has 2 aromatic carbocycles. The Morgan fingerprint density at radius 2 is 1.84 bits per heavy atom. The van der Waals surface area contributed by atoms with Crippen LogP contribution in [-0.4, -0.2) is 57.9 Å². The number of imidazole rings is 1. The van der Waals surface area contributed by atoms with Crippen molar-refractivity contribution in [1.29, 1.82) is 0 Å². The van der Waals surface area contributed by atoms with E-state index >= 15 is 0 Å². The summed E-state index contributed by atoms with van der Waals surface area (Å²) < 4.78 is 16.7. The molecule has 0 saturated carbocycles. The number of hydrogen-bond acceptors (Lipinski definition) is 6. The molecule has 0 aliphatic carbocycles. The first-order chi connectivity index (χ1) is 18.0. The molecule has 0 bridgehead atoms. The molecule has 0 spiro atoms. The Kier molecular flexibility index (Phi) is 6.89. The molecule has 0 atom stereocenters. The molecule has 192 valence electrons. The Bertz CT molecular complexity index is 1460. The summed E-state index contributed by atoms with van der Waals surface area (Å²) in [4.78, 5) is 38.5. The summed E-state index contributed by atoms with van der Waals surface area (Å²) in [5.41, 5.74) is 2.53. The molecule has 9 nitrogen and oxygen atoms in total. The summed E-state index contributed by atoms with van der Waals surface area (Å²) in [6.07, 6.45) is 3.05. The molecule has 1 amide bonds. The van der Waals surface area contributed by atoms with E-state index in [1.165, 1.54) is 24.4 Å². The van der Waals surface area contributed by atoms with E-state index in [2.05, 4.69) is 25.8 Å². The van der Waals surface area contributed by atoms with Gasteiger partial charge in [-0.25, -0.2) is 19.2 Å². The van der Waals surface area contributed by atoms with Crippen molar-refractivity contribution in [1.82, 2.24) is 24.4 Å². The molecule has 1 N–H and O–H groups in total. The van der Waals surface area contributed by atoms with Gasteiger partial charge in [0.15, 0.2) is 0 Å². The fourth-order valence-corrected chi connectivity index (χ4v) is 4.92. The second-order valence-corrected chi connectivity index (χ2v) is 9.20. The van der Waals surface area contributed by atoms with Crippen LogP contribution in [-0.2, 0) is 6.54 Å². The molecular formula is C27H30FN7O2. The molecule has 5 rings (SSSR count). The number of nitrogens with zero attached hydrogens (tertiary/aromatic N) is 6. The van der Waals surface area contributed by atoms with Crippen LogP contribution in [0.1, 0.15) is 25.3 Å². The molecule has 0 unspecified atom stereocenters. The molecule has 1 fully saturated rings. The van der Waals surface area contributed by atoms with E-state index in [0.29, 0.717) is 19.0 Å². The van der Waals surface area contributed by atoms with Crippen LogP contribution < -0.4 is 20.7 Å². The molecule has 3 heterocycles. The fourth-order valence-electron chi connectivity index (χ4n) is 4.92. The number of para-hydroxylation sites is 2. The monoisotopic (exact) mass is 503 g/mol. The van der Waals surface area contributed by atoms with Crippen molar-refractivity contribution in [3.63, 3.8) is 0 Å². The summed E-state index contributed by atoms with van der Waals surface area (Å²) in [6, 6.07) is 15.5. The number of halogens is 1. The zero-order chi connectivity index (χ0) is 25.9. The highest BCUT2D eigenvalue weighted by Crippen LogP contribution is 2.28. The number of benzene rings is 2. The summed E-state index contributed by atoms with van der Waals surface area (Å²) in [6.45, 7) is 4.31. The van der Waals surface area contributed by atoms with Gasteiger partial charge in [0.2, 0.25) is 11.9 Å². The maximum atomic E-state index is 13.5. The third-order valence-corrected chi connectivity index (χ3v) is 6.86. The van der Waals surface area contributed by atoms with E-state index in [1.54, 1.807) is 12.1 Å². The average Bonchev–Trinajstić information content (AvgIpc) is 3.28. The van der Waals surface area contributed by atoms with Gasteiger partial charge in [0, 0.05) is 45.0 Å². The number of fused-ring (bicyclic) bond motifs is 1. The number of piperidine rings is 1. The number of aromatic nitrogens is 4. The molecule has 1 saturated heterocycles. The van der Waals surface area contributed by atoms with Crippen LogP contribution >= 0.6 is 0 Å². The van der Waals surface area contributed by atoms with E-state index in [1.807, 2.05) is 37.1 Å². The third kappa shape index (κ3) is 4.91. The second kappa shape index (κ2) is 10.4. The normalized spacial score (nSPS) is 14.2. The van der Waals surface area contributed by atoms with Crippen LogP contribution in [0.25, 0.3) is 11.0 Å². The second-order valence-electron chi connectivity index (χ2n) is 9.20. The minimum Gasteiger partial charge on any atom is -0.342 e. The van der Waals surface area contributed by atoms with Gasteiger partial charge in [-0.2, -0.15) is 4.57 Å². The number of rotatable bonds is 6. The van der Waals surface area contributed by atoms with Crippen molar-refractivity contribution < 1.29 is 9.18 Å². The van der Waals surface area contributed by atoms with E-state index < -0.39 is 11.6 Å². The summed E-state index contributed by atoms with van der Waals surface area (Å²) in [7, 11) is 1.88. The van der Waals surface area contributed by atoms with E-state index in [-0.39, 0.29) is 11.9 Å². The number of nitrogens with one attached hydrogen (secondary N) is 1. The topological polar surface area (TPSA) is 88.3 Å². The van der Waals surface area contributed by atoms with Crippen LogP contribution in [0.4, 0.5) is 21.1 Å². The fraction of sp³-hybridized carbons (Fsp3) is 0.333. The largest absolute Gasteiger partial charge is 0.342 e. The standard InChI is InChI=1S/C27H30FN7O2/c1-3-29-27(37)35-24(36)12-15-30-25(35)32(2)21-13-16-33(17-14-21)26-31-22-6-4-5-7-23(22)34(26)18-19-8-10-20(28)11-9-19/h4-12,15,21H,3,13-14,16-18H2,1-2H3,(H,29,37). The van der Waals surface area contributed by atoms with Crippen molar-refractivity contribution in [3.05, 3.63) is 82.5 Å². The number of hydrogen-bond donors (Lipinski definition) is 1. The molecule has 4 aromatic rings. The molecule has 0 radical (unpaired) electrons. The van der Waals surface area contributed by atoms with E-state index in [4.69, 9.17) is 4.98 Å². The van der Waals surface area contributed by atoms with Gasteiger partial charge in [-0.3, -0.25) is 4.79 Å². The van der Waals surface area contributed by atoms with Crippen molar-refractivity contribution >= 4 is 29.0 Å². The lowest BCUT2D eigenvalue weighted by atomic mass is 10.0. The van der Waals surface area contributed by atoms with Crippen LogP contribution in [0.3, 0.4) is 0 Å². The predicted molar refractivity (Wildman–Crippen MR) is 142 cm³/mol. The number of carbonyl (C=O) groups is 1. The average molecular weight is 504 g/mol. The van der Waals surface area contributed by atoms with Crippen molar-refractivity contribution in [2.45, 2.75) is 32.4 Å². The van der Waals surface area contributed by atoms with Crippen molar-refractivity contribution in [2.75, 3.05) is 36.5 Å². The Hall–Kier alpha value is -4.21. The zero-order valence-electron chi connectivity index (χ0n) is 21.0. The number of amides is 1. The Morgan fingerprint density at radius 3 is 2.57 bits per heavy atom. The van der Waals surface area contributed by atoms with Crippen molar-refractivity contribution in [3.8, 4) is 0 Å².